The van der Waals surface area contributed by atoms with Gasteiger partial charge in [-0.25, -0.2) is 4.39 Å². The van der Waals surface area contributed by atoms with E-state index in [0.717, 1.165) is 31.6 Å². The van der Waals surface area contributed by atoms with Gasteiger partial charge >= 0.3 is 0 Å². The Morgan fingerprint density at radius 1 is 0.900 bits per heavy atom. The molecule has 2 N–H and O–H groups in total. The second kappa shape index (κ2) is 7.78. The minimum absolute atomic E-state index is 0.182. The lowest BCUT2D eigenvalue weighted by molar-refractivity contribution is 0.276. The molecule has 0 fully saturated rings. The van der Waals surface area contributed by atoms with Crippen molar-refractivity contribution < 1.29 is 4.39 Å². The second-order valence-electron chi connectivity index (χ2n) is 4.93. The predicted octanol–water partition coefficient (Wildman–Crippen LogP) is 2.83. The van der Waals surface area contributed by atoms with E-state index in [1.54, 1.807) is 12.1 Å². The molecule has 2 rings (SSSR count). The topological polar surface area (TPSA) is 29.3 Å². The van der Waals surface area contributed by atoms with Crippen molar-refractivity contribution >= 4 is 0 Å². The lowest BCUT2D eigenvalue weighted by Gasteiger charge is -2.21. The largest absolute Gasteiger partial charge is 0.329 e. The van der Waals surface area contributed by atoms with E-state index in [0.29, 0.717) is 6.54 Å². The molecule has 0 aliphatic rings. The van der Waals surface area contributed by atoms with Gasteiger partial charge in [-0.05, 0) is 29.7 Å². The summed E-state index contributed by atoms with van der Waals surface area (Å²) in [6.07, 6.45) is 0.982. The van der Waals surface area contributed by atoms with E-state index in [1.165, 1.54) is 11.6 Å². The van der Waals surface area contributed by atoms with E-state index in [-0.39, 0.29) is 5.82 Å². The predicted molar refractivity (Wildman–Crippen MR) is 80.9 cm³/mol. The summed E-state index contributed by atoms with van der Waals surface area (Å²) >= 11 is 0. The number of benzene rings is 2. The van der Waals surface area contributed by atoms with E-state index >= 15 is 0 Å². The lowest BCUT2D eigenvalue weighted by Crippen LogP contribution is -2.31. The van der Waals surface area contributed by atoms with Gasteiger partial charge in [-0.15, -0.1) is 0 Å². The molecule has 0 aliphatic heterocycles. The Kier molecular flexibility index (Phi) is 5.71. The fourth-order valence-corrected chi connectivity index (χ4v) is 2.28. The normalized spacial score (nSPS) is 10.9. The molecule has 106 valence electrons. The number of rotatable bonds is 7. The fourth-order valence-electron chi connectivity index (χ4n) is 2.28. The summed E-state index contributed by atoms with van der Waals surface area (Å²) in [7, 11) is 0. The standard InChI is InChI=1S/C17H21FN2/c18-17-8-4-7-16(13-17)14-20(12-10-19)11-9-15-5-2-1-3-6-15/h1-8,13H,9-12,14,19H2. The number of halogens is 1. The first-order valence-electron chi connectivity index (χ1n) is 6.99. The van der Waals surface area contributed by atoms with Gasteiger partial charge in [0.1, 0.15) is 5.82 Å². The summed E-state index contributed by atoms with van der Waals surface area (Å²) in [6.45, 7) is 3.10. The molecule has 2 aromatic rings. The van der Waals surface area contributed by atoms with Crippen molar-refractivity contribution in [2.75, 3.05) is 19.6 Å². The Bertz CT molecular complexity index is 513. The van der Waals surface area contributed by atoms with Gasteiger partial charge in [0, 0.05) is 26.2 Å². The van der Waals surface area contributed by atoms with E-state index in [2.05, 4.69) is 29.2 Å². The highest BCUT2D eigenvalue weighted by atomic mass is 19.1. The Morgan fingerprint density at radius 2 is 1.65 bits per heavy atom. The van der Waals surface area contributed by atoms with Crippen LogP contribution in [0.25, 0.3) is 0 Å². The molecule has 3 heteroatoms. The van der Waals surface area contributed by atoms with Crippen LogP contribution >= 0.6 is 0 Å². The molecule has 0 atom stereocenters. The maximum Gasteiger partial charge on any atom is 0.123 e. The van der Waals surface area contributed by atoms with Gasteiger partial charge in [0.15, 0.2) is 0 Å². The molecule has 2 nitrogen and oxygen atoms in total. The molecule has 20 heavy (non-hydrogen) atoms. The van der Waals surface area contributed by atoms with E-state index in [9.17, 15) is 4.39 Å². The van der Waals surface area contributed by atoms with Gasteiger partial charge in [-0.3, -0.25) is 4.90 Å². The van der Waals surface area contributed by atoms with E-state index in [4.69, 9.17) is 5.73 Å². The molecule has 0 saturated heterocycles. The molecule has 0 heterocycles. The Labute approximate surface area is 120 Å². The third kappa shape index (κ3) is 4.76. The second-order valence-corrected chi connectivity index (χ2v) is 4.93. The Hall–Kier alpha value is -1.71. The fraction of sp³-hybridized carbons (Fsp3) is 0.294. The van der Waals surface area contributed by atoms with Crippen molar-refractivity contribution in [2.45, 2.75) is 13.0 Å². The van der Waals surface area contributed by atoms with Crippen LogP contribution in [-0.2, 0) is 13.0 Å². The average Bonchev–Trinajstić information content (AvgIpc) is 2.46. The van der Waals surface area contributed by atoms with Crippen molar-refractivity contribution in [2.24, 2.45) is 5.73 Å². The summed E-state index contributed by atoms with van der Waals surface area (Å²) in [6, 6.07) is 17.1. The maximum atomic E-state index is 13.2. The minimum Gasteiger partial charge on any atom is -0.329 e. The minimum atomic E-state index is -0.182. The Morgan fingerprint density at radius 3 is 2.35 bits per heavy atom. The molecule has 0 unspecified atom stereocenters. The zero-order valence-corrected chi connectivity index (χ0v) is 11.6. The van der Waals surface area contributed by atoms with Gasteiger partial charge in [0.2, 0.25) is 0 Å². The van der Waals surface area contributed by atoms with Crippen LogP contribution in [0.3, 0.4) is 0 Å². The zero-order valence-electron chi connectivity index (χ0n) is 11.6. The SMILES string of the molecule is NCCN(CCc1ccccc1)Cc1cccc(F)c1. The van der Waals surface area contributed by atoms with Gasteiger partial charge in [-0.1, -0.05) is 42.5 Å². The third-order valence-electron chi connectivity index (χ3n) is 3.30. The number of nitrogens with zero attached hydrogens (tertiary/aromatic N) is 1. The van der Waals surface area contributed by atoms with Crippen LogP contribution in [0.5, 0.6) is 0 Å². The summed E-state index contributed by atoms with van der Waals surface area (Å²) in [5.74, 6) is -0.182. The molecular formula is C17H21FN2. The first-order chi connectivity index (χ1) is 9.78. The number of hydrogen-bond donors (Lipinski definition) is 1. The van der Waals surface area contributed by atoms with Gasteiger partial charge in [0.25, 0.3) is 0 Å². The molecule has 0 saturated carbocycles. The van der Waals surface area contributed by atoms with Crippen LogP contribution in [0.1, 0.15) is 11.1 Å². The number of hydrogen-bond acceptors (Lipinski definition) is 2. The third-order valence-corrected chi connectivity index (χ3v) is 3.30. The highest BCUT2D eigenvalue weighted by Crippen LogP contribution is 2.08. The van der Waals surface area contributed by atoms with Crippen LogP contribution in [0, 0.1) is 5.82 Å². The summed E-state index contributed by atoms with van der Waals surface area (Å²) in [5, 5.41) is 0. The van der Waals surface area contributed by atoms with Gasteiger partial charge < -0.3 is 5.73 Å². The highest BCUT2D eigenvalue weighted by molar-refractivity contribution is 5.17. The molecule has 0 radical (unpaired) electrons. The highest BCUT2D eigenvalue weighted by Gasteiger charge is 2.06. The zero-order chi connectivity index (χ0) is 14.2. The summed E-state index contributed by atoms with van der Waals surface area (Å²) in [4.78, 5) is 2.27. The van der Waals surface area contributed by atoms with Crippen LogP contribution in [0.2, 0.25) is 0 Å². The molecular weight excluding hydrogens is 251 g/mol. The first-order valence-corrected chi connectivity index (χ1v) is 6.99. The number of nitrogens with two attached hydrogens (primary N) is 1. The molecule has 0 aromatic heterocycles. The smallest absolute Gasteiger partial charge is 0.123 e. The molecule has 0 bridgehead atoms. The van der Waals surface area contributed by atoms with Crippen molar-refractivity contribution in [3.8, 4) is 0 Å². The van der Waals surface area contributed by atoms with Crippen molar-refractivity contribution in [1.82, 2.24) is 4.90 Å². The lowest BCUT2D eigenvalue weighted by atomic mass is 10.1. The molecule has 2 aromatic carbocycles. The summed E-state index contributed by atoms with van der Waals surface area (Å²) < 4.78 is 13.2. The van der Waals surface area contributed by atoms with Crippen LogP contribution in [0.4, 0.5) is 4.39 Å². The summed E-state index contributed by atoms with van der Waals surface area (Å²) in [5.41, 5.74) is 7.97. The molecule has 0 amide bonds. The van der Waals surface area contributed by atoms with Crippen LogP contribution in [-0.4, -0.2) is 24.5 Å². The molecule has 0 aliphatic carbocycles. The molecule has 0 spiro atoms. The van der Waals surface area contributed by atoms with Crippen LogP contribution in [0.15, 0.2) is 54.6 Å². The average molecular weight is 272 g/mol. The van der Waals surface area contributed by atoms with Crippen molar-refractivity contribution in [3.63, 3.8) is 0 Å². The monoisotopic (exact) mass is 272 g/mol. The van der Waals surface area contributed by atoms with E-state index < -0.39 is 0 Å². The van der Waals surface area contributed by atoms with Crippen LogP contribution < -0.4 is 5.73 Å². The van der Waals surface area contributed by atoms with Crippen molar-refractivity contribution in [1.29, 1.82) is 0 Å². The van der Waals surface area contributed by atoms with E-state index in [1.807, 2.05) is 12.1 Å². The maximum absolute atomic E-state index is 13.2. The van der Waals surface area contributed by atoms with Gasteiger partial charge in [0.05, 0.1) is 0 Å². The quantitative estimate of drug-likeness (QED) is 0.840. The van der Waals surface area contributed by atoms with Crippen molar-refractivity contribution in [3.05, 3.63) is 71.5 Å². The Balaban J connectivity index is 1.93. The first kappa shape index (κ1) is 14.7. The van der Waals surface area contributed by atoms with Gasteiger partial charge in [-0.2, -0.15) is 0 Å².